The van der Waals surface area contributed by atoms with Crippen molar-refractivity contribution in [3.8, 4) is 0 Å². The van der Waals surface area contributed by atoms with E-state index in [1.807, 2.05) is 0 Å². The minimum absolute atomic E-state index is 0.0444. The van der Waals surface area contributed by atoms with Crippen LogP contribution in [0.4, 0.5) is 13.2 Å². The lowest BCUT2D eigenvalue weighted by atomic mass is 10.3. The quantitative estimate of drug-likeness (QED) is 0.691. The SMILES string of the molecule is Cc1[nH]nc2nc(C(F)(F)F)[nH]c(=O)c12. The van der Waals surface area contributed by atoms with Crippen LogP contribution in [0.5, 0.6) is 0 Å². The fourth-order valence-corrected chi connectivity index (χ4v) is 1.21. The molecule has 80 valence electrons. The zero-order chi connectivity index (χ0) is 11.2. The van der Waals surface area contributed by atoms with E-state index in [2.05, 4.69) is 15.2 Å². The van der Waals surface area contributed by atoms with Gasteiger partial charge in [0.1, 0.15) is 5.39 Å². The Kier molecular flexibility index (Phi) is 1.82. The van der Waals surface area contributed by atoms with Gasteiger partial charge in [0.2, 0.25) is 5.82 Å². The normalized spacial score (nSPS) is 12.3. The molecule has 2 rings (SSSR count). The zero-order valence-electron chi connectivity index (χ0n) is 7.44. The molecule has 0 aliphatic heterocycles. The summed E-state index contributed by atoms with van der Waals surface area (Å²) in [5.41, 5.74) is -0.699. The molecule has 0 amide bonds. The largest absolute Gasteiger partial charge is 0.449 e. The van der Waals surface area contributed by atoms with E-state index in [4.69, 9.17) is 0 Å². The highest BCUT2D eigenvalue weighted by Crippen LogP contribution is 2.25. The topological polar surface area (TPSA) is 74.4 Å². The number of aromatic amines is 2. The van der Waals surface area contributed by atoms with Crippen molar-refractivity contribution < 1.29 is 13.2 Å². The molecule has 0 saturated carbocycles. The van der Waals surface area contributed by atoms with Gasteiger partial charge < -0.3 is 4.98 Å². The first-order valence-corrected chi connectivity index (χ1v) is 3.92. The Bertz CT molecular complexity index is 568. The Morgan fingerprint density at radius 2 is 2.00 bits per heavy atom. The summed E-state index contributed by atoms with van der Waals surface area (Å²) in [6, 6.07) is 0. The molecule has 2 N–H and O–H groups in total. The molecule has 2 heterocycles. The first-order chi connectivity index (χ1) is 6.89. The van der Waals surface area contributed by atoms with Crippen molar-refractivity contribution >= 4 is 11.0 Å². The zero-order valence-corrected chi connectivity index (χ0v) is 7.44. The van der Waals surface area contributed by atoms with Crippen molar-refractivity contribution in [3.63, 3.8) is 0 Å². The summed E-state index contributed by atoms with van der Waals surface area (Å²) in [4.78, 5) is 16.1. The molecular formula is C7H5F3N4O. The molecule has 0 atom stereocenters. The number of alkyl halides is 3. The Balaban J connectivity index is 2.81. The smallest absolute Gasteiger partial charge is 0.302 e. The van der Waals surface area contributed by atoms with Gasteiger partial charge in [-0.05, 0) is 6.92 Å². The molecule has 0 bridgehead atoms. The number of hydrogen-bond acceptors (Lipinski definition) is 3. The van der Waals surface area contributed by atoms with E-state index in [-0.39, 0.29) is 11.0 Å². The first-order valence-electron chi connectivity index (χ1n) is 3.92. The lowest BCUT2D eigenvalue weighted by Gasteiger charge is -2.03. The van der Waals surface area contributed by atoms with Crippen LogP contribution in [-0.2, 0) is 6.18 Å². The molecule has 2 aromatic rings. The minimum Gasteiger partial charge on any atom is -0.302 e. The third kappa shape index (κ3) is 1.47. The van der Waals surface area contributed by atoms with E-state index in [0.29, 0.717) is 5.69 Å². The van der Waals surface area contributed by atoms with Gasteiger partial charge in [0.15, 0.2) is 5.65 Å². The van der Waals surface area contributed by atoms with Gasteiger partial charge in [-0.15, -0.1) is 0 Å². The van der Waals surface area contributed by atoms with Crippen molar-refractivity contribution in [2.45, 2.75) is 13.1 Å². The fourth-order valence-electron chi connectivity index (χ4n) is 1.21. The van der Waals surface area contributed by atoms with Crippen LogP contribution in [0.15, 0.2) is 4.79 Å². The van der Waals surface area contributed by atoms with Gasteiger partial charge >= 0.3 is 6.18 Å². The van der Waals surface area contributed by atoms with E-state index in [1.54, 1.807) is 4.98 Å². The number of nitrogens with zero attached hydrogens (tertiary/aromatic N) is 2. The van der Waals surface area contributed by atoms with E-state index in [9.17, 15) is 18.0 Å². The Morgan fingerprint density at radius 3 is 2.60 bits per heavy atom. The van der Waals surface area contributed by atoms with Gasteiger partial charge in [-0.25, -0.2) is 4.98 Å². The van der Waals surface area contributed by atoms with E-state index in [0.717, 1.165) is 0 Å². The lowest BCUT2D eigenvalue weighted by molar-refractivity contribution is -0.144. The number of aromatic nitrogens is 4. The molecule has 0 saturated heterocycles. The third-order valence-electron chi connectivity index (χ3n) is 1.87. The Hall–Kier alpha value is -1.86. The van der Waals surface area contributed by atoms with Gasteiger partial charge in [0.25, 0.3) is 5.56 Å². The van der Waals surface area contributed by atoms with Crippen molar-refractivity contribution in [1.29, 1.82) is 0 Å². The number of aryl methyl sites for hydroxylation is 1. The fraction of sp³-hybridized carbons (Fsp3) is 0.286. The third-order valence-corrected chi connectivity index (χ3v) is 1.87. The second-order valence-corrected chi connectivity index (χ2v) is 2.96. The van der Waals surface area contributed by atoms with Crippen LogP contribution in [0.2, 0.25) is 0 Å². The van der Waals surface area contributed by atoms with E-state index < -0.39 is 17.6 Å². The number of H-pyrrole nitrogens is 2. The summed E-state index contributed by atoms with van der Waals surface area (Å²) in [7, 11) is 0. The van der Waals surface area contributed by atoms with Gasteiger partial charge in [0.05, 0.1) is 0 Å². The molecule has 0 unspecified atom stereocenters. The molecule has 0 aromatic carbocycles. The van der Waals surface area contributed by atoms with Gasteiger partial charge in [-0.2, -0.15) is 18.3 Å². The number of rotatable bonds is 0. The summed E-state index contributed by atoms with van der Waals surface area (Å²) in [6.07, 6.45) is -4.68. The first kappa shape index (κ1) is 9.69. The van der Waals surface area contributed by atoms with Gasteiger partial charge in [-0.1, -0.05) is 0 Å². The molecule has 0 spiro atoms. The molecule has 8 heteroatoms. The number of hydrogen-bond donors (Lipinski definition) is 2. The van der Waals surface area contributed by atoms with Crippen molar-refractivity contribution in [2.24, 2.45) is 0 Å². The lowest BCUT2D eigenvalue weighted by Crippen LogP contribution is -2.19. The second kappa shape index (κ2) is 2.81. The Morgan fingerprint density at radius 1 is 1.33 bits per heavy atom. The molecule has 0 aliphatic rings. The number of halogens is 3. The summed E-state index contributed by atoms with van der Waals surface area (Å²) < 4.78 is 36.7. The Labute approximate surface area is 80.3 Å². The molecule has 5 nitrogen and oxygen atoms in total. The van der Waals surface area contributed by atoms with Crippen molar-refractivity contribution in [1.82, 2.24) is 20.2 Å². The van der Waals surface area contributed by atoms with Crippen LogP contribution in [0.25, 0.3) is 11.0 Å². The van der Waals surface area contributed by atoms with Gasteiger partial charge in [-0.3, -0.25) is 9.89 Å². The summed E-state index contributed by atoms with van der Waals surface area (Å²) in [6.45, 7) is 1.53. The maximum Gasteiger partial charge on any atom is 0.449 e. The molecular weight excluding hydrogens is 213 g/mol. The van der Waals surface area contributed by atoms with Crippen LogP contribution >= 0.6 is 0 Å². The highest BCUT2D eigenvalue weighted by Gasteiger charge is 2.34. The maximum atomic E-state index is 12.2. The highest BCUT2D eigenvalue weighted by atomic mass is 19.4. The average molecular weight is 218 g/mol. The molecule has 0 fully saturated rings. The molecule has 15 heavy (non-hydrogen) atoms. The number of fused-ring (bicyclic) bond motifs is 1. The van der Waals surface area contributed by atoms with Crippen LogP contribution in [0, 0.1) is 6.92 Å². The van der Waals surface area contributed by atoms with Crippen molar-refractivity contribution in [2.75, 3.05) is 0 Å². The van der Waals surface area contributed by atoms with Crippen LogP contribution in [-0.4, -0.2) is 20.2 Å². The monoisotopic (exact) mass is 218 g/mol. The predicted molar refractivity (Wildman–Crippen MR) is 44.2 cm³/mol. The number of nitrogens with one attached hydrogen (secondary N) is 2. The highest BCUT2D eigenvalue weighted by molar-refractivity contribution is 5.76. The maximum absolute atomic E-state index is 12.2. The standard InChI is InChI=1S/C7H5F3N4O/c1-2-3-4(14-13-2)11-6(7(8,9)10)12-5(3)15/h1H3,(H2,11,12,13,14,15). The van der Waals surface area contributed by atoms with E-state index >= 15 is 0 Å². The summed E-state index contributed by atoms with van der Waals surface area (Å²) in [5.74, 6) is -1.34. The summed E-state index contributed by atoms with van der Waals surface area (Å²) in [5, 5.41) is 5.94. The minimum atomic E-state index is -4.68. The van der Waals surface area contributed by atoms with Crippen LogP contribution < -0.4 is 5.56 Å². The average Bonchev–Trinajstić information content (AvgIpc) is 2.46. The molecule has 0 aliphatic carbocycles. The van der Waals surface area contributed by atoms with E-state index in [1.165, 1.54) is 6.92 Å². The predicted octanol–water partition coefficient (Wildman–Crippen LogP) is 0.973. The van der Waals surface area contributed by atoms with Crippen LogP contribution in [0.1, 0.15) is 11.5 Å². The summed E-state index contributed by atoms with van der Waals surface area (Å²) >= 11 is 0. The molecule has 0 radical (unpaired) electrons. The second-order valence-electron chi connectivity index (χ2n) is 2.96. The molecule has 2 aromatic heterocycles. The van der Waals surface area contributed by atoms with Crippen LogP contribution in [0.3, 0.4) is 0 Å². The van der Waals surface area contributed by atoms with Gasteiger partial charge in [0, 0.05) is 5.69 Å². The van der Waals surface area contributed by atoms with Crippen molar-refractivity contribution in [3.05, 3.63) is 21.9 Å².